The van der Waals surface area contributed by atoms with Crippen LogP contribution < -0.4 is 0 Å². The van der Waals surface area contributed by atoms with E-state index in [1.54, 1.807) is 18.4 Å². The summed E-state index contributed by atoms with van der Waals surface area (Å²) in [4.78, 5) is 11.2. The van der Waals surface area contributed by atoms with E-state index in [1.807, 2.05) is 0 Å². The predicted octanol–water partition coefficient (Wildman–Crippen LogP) is 3.03. The summed E-state index contributed by atoms with van der Waals surface area (Å²) >= 11 is 0. The quantitative estimate of drug-likeness (QED) is 0.830. The molecule has 1 fully saturated rings. The van der Waals surface area contributed by atoms with E-state index in [0.717, 1.165) is 25.7 Å². The van der Waals surface area contributed by atoms with E-state index < -0.39 is 11.9 Å². The lowest BCUT2D eigenvalue weighted by Gasteiger charge is -2.26. The van der Waals surface area contributed by atoms with Gasteiger partial charge in [-0.25, -0.2) is 0 Å². The molecular formula is C12H16O3. The van der Waals surface area contributed by atoms with Gasteiger partial charge in [0.1, 0.15) is 11.7 Å². The summed E-state index contributed by atoms with van der Waals surface area (Å²) in [5.74, 6) is -0.339. The van der Waals surface area contributed by atoms with E-state index in [4.69, 9.17) is 4.42 Å². The van der Waals surface area contributed by atoms with Gasteiger partial charge in [0, 0.05) is 0 Å². The second-order valence-electron chi connectivity index (χ2n) is 4.23. The Bertz CT molecular complexity index is 310. The second-order valence-corrected chi connectivity index (χ2v) is 4.23. The van der Waals surface area contributed by atoms with E-state index in [9.17, 15) is 9.90 Å². The molecule has 1 saturated carbocycles. The predicted molar refractivity (Wildman–Crippen MR) is 55.7 cm³/mol. The molecule has 3 heteroatoms. The Labute approximate surface area is 89.1 Å². The number of carboxylic acid groups (broad SMARTS) is 1. The highest BCUT2D eigenvalue weighted by molar-refractivity contribution is 5.75. The molecule has 0 aliphatic heterocycles. The van der Waals surface area contributed by atoms with Gasteiger partial charge in [-0.05, 0) is 30.9 Å². The Hall–Kier alpha value is -1.25. The van der Waals surface area contributed by atoms with E-state index in [1.165, 1.54) is 6.42 Å². The molecule has 0 spiro atoms. The molecule has 0 saturated heterocycles. The number of rotatable bonds is 3. The average molecular weight is 208 g/mol. The summed E-state index contributed by atoms with van der Waals surface area (Å²) in [5.41, 5.74) is 0. The van der Waals surface area contributed by atoms with Crippen LogP contribution in [-0.4, -0.2) is 11.1 Å². The Kier molecular flexibility index (Phi) is 3.09. The fourth-order valence-corrected chi connectivity index (χ4v) is 2.49. The van der Waals surface area contributed by atoms with Gasteiger partial charge in [0.05, 0.1) is 6.26 Å². The van der Waals surface area contributed by atoms with Crippen LogP contribution in [0.2, 0.25) is 0 Å². The van der Waals surface area contributed by atoms with E-state index in [2.05, 4.69) is 0 Å². The first-order chi connectivity index (χ1) is 7.29. The van der Waals surface area contributed by atoms with E-state index in [0.29, 0.717) is 5.76 Å². The topological polar surface area (TPSA) is 50.4 Å². The monoisotopic (exact) mass is 208 g/mol. The van der Waals surface area contributed by atoms with Crippen LogP contribution in [0.4, 0.5) is 0 Å². The summed E-state index contributed by atoms with van der Waals surface area (Å²) in [7, 11) is 0. The van der Waals surface area contributed by atoms with Gasteiger partial charge in [-0.2, -0.15) is 0 Å². The molecule has 0 amide bonds. The molecule has 0 radical (unpaired) electrons. The van der Waals surface area contributed by atoms with Crippen LogP contribution in [0.5, 0.6) is 0 Å². The van der Waals surface area contributed by atoms with Gasteiger partial charge in [0.25, 0.3) is 0 Å². The molecule has 1 aromatic rings. The van der Waals surface area contributed by atoms with Crippen LogP contribution in [0.3, 0.4) is 0 Å². The maximum atomic E-state index is 11.2. The minimum absolute atomic E-state index is 0.252. The molecule has 1 N–H and O–H groups in total. The zero-order chi connectivity index (χ0) is 10.7. The van der Waals surface area contributed by atoms with Crippen LogP contribution in [-0.2, 0) is 4.79 Å². The first kappa shape index (κ1) is 10.3. The highest BCUT2D eigenvalue weighted by atomic mass is 16.4. The molecule has 1 atom stereocenters. The van der Waals surface area contributed by atoms with Crippen molar-refractivity contribution in [1.29, 1.82) is 0 Å². The standard InChI is InChI=1S/C12H16O3/c13-12(14)11(10-7-4-8-15-10)9-5-2-1-3-6-9/h4,7-9,11H,1-3,5-6H2,(H,13,14). The molecule has 1 heterocycles. The normalized spacial score (nSPS) is 20.0. The van der Waals surface area contributed by atoms with Crippen molar-refractivity contribution in [2.24, 2.45) is 5.92 Å². The van der Waals surface area contributed by atoms with Crippen LogP contribution in [0.1, 0.15) is 43.8 Å². The number of hydrogen-bond acceptors (Lipinski definition) is 2. The Morgan fingerprint density at radius 1 is 1.40 bits per heavy atom. The average Bonchev–Trinajstić information content (AvgIpc) is 2.72. The summed E-state index contributed by atoms with van der Waals surface area (Å²) in [6, 6.07) is 3.53. The van der Waals surface area contributed by atoms with Gasteiger partial charge in [0.2, 0.25) is 0 Å². The summed E-state index contributed by atoms with van der Waals surface area (Å²) in [5, 5.41) is 9.24. The number of aliphatic carboxylic acids is 1. The van der Waals surface area contributed by atoms with Gasteiger partial charge in [-0.1, -0.05) is 19.3 Å². The molecule has 82 valence electrons. The minimum atomic E-state index is -0.753. The lowest BCUT2D eigenvalue weighted by Crippen LogP contribution is -2.23. The maximum Gasteiger partial charge on any atom is 0.314 e. The molecule has 2 rings (SSSR count). The van der Waals surface area contributed by atoms with Crippen LogP contribution in [0.25, 0.3) is 0 Å². The van der Waals surface area contributed by atoms with Gasteiger partial charge in [-0.3, -0.25) is 4.79 Å². The number of hydrogen-bond donors (Lipinski definition) is 1. The second kappa shape index (κ2) is 4.51. The molecule has 0 bridgehead atoms. The van der Waals surface area contributed by atoms with Gasteiger partial charge >= 0.3 is 5.97 Å². The molecule has 3 nitrogen and oxygen atoms in total. The van der Waals surface area contributed by atoms with E-state index >= 15 is 0 Å². The molecular weight excluding hydrogens is 192 g/mol. The van der Waals surface area contributed by atoms with Crippen LogP contribution in [0.15, 0.2) is 22.8 Å². The molecule has 0 aromatic carbocycles. The van der Waals surface area contributed by atoms with Crippen molar-refractivity contribution in [2.45, 2.75) is 38.0 Å². The molecule has 1 aliphatic carbocycles. The van der Waals surface area contributed by atoms with Gasteiger partial charge in [0.15, 0.2) is 0 Å². The Morgan fingerprint density at radius 3 is 2.67 bits per heavy atom. The summed E-state index contributed by atoms with van der Waals surface area (Å²) in [6.45, 7) is 0. The van der Waals surface area contributed by atoms with Crippen molar-refractivity contribution in [2.75, 3.05) is 0 Å². The number of carboxylic acids is 1. The molecule has 1 aromatic heterocycles. The summed E-state index contributed by atoms with van der Waals surface area (Å²) < 4.78 is 5.23. The van der Waals surface area contributed by atoms with Gasteiger partial charge in [-0.15, -0.1) is 0 Å². The highest BCUT2D eigenvalue weighted by Crippen LogP contribution is 2.36. The third-order valence-corrected chi connectivity index (χ3v) is 3.24. The van der Waals surface area contributed by atoms with Crippen LogP contribution in [0, 0.1) is 5.92 Å². The zero-order valence-electron chi connectivity index (χ0n) is 8.69. The first-order valence-electron chi connectivity index (χ1n) is 5.55. The largest absolute Gasteiger partial charge is 0.481 e. The molecule has 15 heavy (non-hydrogen) atoms. The lowest BCUT2D eigenvalue weighted by molar-refractivity contribution is -0.141. The third-order valence-electron chi connectivity index (χ3n) is 3.24. The van der Waals surface area contributed by atoms with Crippen molar-refractivity contribution in [3.8, 4) is 0 Å². The minimum Gasteiger partial charge on any atom is -0.481 e. The zero-order valence-corrected chi connectivity index (χ0v) is 8.69. The lowest BCUT2D eigenvalue weighted by atomic mass is 9.79. The van der Waals surface area contributed by atoms with Crippen molar-refractivity contribution in [3.05, 3.63) is 24.2 Å². The van der Waals surface area contributed by atoms with Crippen molar-refractivity contribution in [3.63, 3.8) is 0 Å². The van der Waals surface area contributed by atoms with Crippen molar-refractivity contribution >= 4 is 5.97 Å². The van der Waals surface area contributed by atoms with Crippen molar-refractivity contribution in [1.82, 2.24) is 0 Å². The SMILES string of the molecule is O=C(O)C(c1ccco1)C1CCCCC1. The van der Waals surface area contributed by atoms with E-state index in [-0.39, 0.29) is 5.92 Å². The molecule has 1 unspecified atom stereocenters. The molecule has 1 aliphatic rings. The van der Waals surface area contributed by atoms with Gasteiger partial charge < -0.3 is 9.52 Å². The number of furan rings is 1. The smallest absolute Gasteiger partial charge is 0.314 e. The Balaban J connectivity index is 2.15. The van der Waals surface area contributed by atoms with Crippen molar-refractivity contribution < 1.29 is 14.3 Å². The first-order valence-corrected chi connectivity index (χ1v) is 5.55. The Morgan fingerprint density at radius 2 is 2.13 bits per heavy atom. The third kappa shape index (κ3) is 2.22. The van der Waals surface area contributed by atoms with Crippen LogP contribution >= 0.6 is 0 Å². The fraction of sp³-hybridized carbons (Fsp3) is 0.583. The maximum absolute atomic E-state index is 11.2. The summed E-state index contributed by atoms with van der Waals surface area (Å²) in [6.07, 6.45) is 7.11. The fourth-order valence-electron chi connectivity index (χ4n) is 2.49. The number of carbonyl (C=O) groups is 1. The highest BCUT2D eigenvalue weighted by Gasteiger charge is 2.32.